The number of carbonyl (C=O) groups is 1. The van der Waals surface area contributed by atoms with Crippen molar-refractivity contribution in [3.8, 4) is 11.3 Å². The Hall–Kier alpha value is -3.23. The van der Waals surface area contributed by atoms with Gasteiger partial charge in [0.15, 0.2) is 0 Å². The molecular weight excluding hydrogens is 408 g/mol. The Labute approximate surface area is 185 Å². The highest BCUT2D eigenvalue weighted by Gasteiger charge is 2.14. The third kappa shape index (κ3) is 4.92. The quantitative estimate of drug-likeness (QED) is 0.443. The van der Waals surface area contributed by atoms with Crippen LogP contribution in [-0.4, -0.2) is 52.6 Å². The fraction of sp³-hybridized carbons (Fsp3) is 0.261. The number of hydrogen-bond acceptors (Lipinski definition) is 6. The second-order valence-electron chi connectivity index (χ2n) is 7.67. The van der Waals surface area contributed by atoms with Gasteiger partial charge in [0.1, 0.15) is 0 Å². The summed E-state index contributed by atoms with van der Waals surface area (Å²) in [6.45, 7) is 4.22. The van der Waals surface area contributed by atoms with Gasteiger partial charge in [-0.15, -0.1) is 5.10 Å². The summed E-state index contributed by atoms with van der Waals surface area (Å²) in [7, 11) is 3.96. The smallest absolute Gasteiger partial charge is 0.251 e. The van der Waals surface area contributed by atoms with Crippen LogP contribution >= 0.6 is 11.3 Å². The van der Waals surface area contributed by atoms with Gasteiger partial charge in [-0.05, 0) is 44.3 Å². The summed E-state index contributed by atoms with van der Waals surface area (Å²) >= 11 is 1.51. The molecule has 4 rings (SSSR count). The summed E-state index contributed by atoms with van der Waals surface area (Å²) in [6.07, 6.45) is 1.80. The minimum absolute atomic E-state index is 0.0803. The Balaban J connectivity index is 1.51. The molecular formula is C23H26N6OS. The van der Waals surface area contributed by atoms with Crippen molar-refractivity contribution in [2.45, 2.75) is 13.5 Å². The van der Waals surface area contributed by atoms with Crippen molar-refractivity contribution in [2.24, 2.45) is 0 Å². The molecule has 4 aromatic rings. The van der Waals surface area contributed by atoms with Crippen LogP contribution in [0.2, 0.25) is 0 Å². The first-order chi connectivity index (χ1) is 15.0. The minimum atomic E-state index is -0.0803. The van der Waals surface area contributed by atoms with Crippen LogP contribution in [0.15, 0.2) is 54.7 Å². The van der Waals surface area contributed by atoms with Crippen molar-refractivity contribution in [1.82, 2.24) is 24.8 Å². The lowest BCUT2D eigenvalue weighted by atomic mass is 10.1. The monoisotopic (exact) mass is 434 g/mol. The van der Waals surface area contributed by atoms with E-state index in [0.717, 1.165) is 27.9 Å². The Morgan fingerprint density at radius 2 is 2.00 bits per heavy atom. The number of benzene rings is 2. The highest BCUT2D eigenvalue weighted by Crippen LogP contribution is 2.27. The van der Waals surface area contributed by atoms with Crippen molar-refractivity contribution in [1.29, 1.82) is 0 Å². The summed E-state index contributed by atoms with van der Waals surface area (Å²) in [5.41, 5.74) is 4.88. The SMILES string of the molecule is Cc1ccccc1CNc1nn2c(-c3cccc(C(=O)NCCN(C)C)c3)cnc2s1. The van der Waals surface area contributed by atoms with Crippen LogP contribution in [0.3, 0.4) is 0 Å². The molecule has 31 heavy (non-hydrogen) atoms. The largest absolute Gasteiger partial charge is 0.356 e. The molecule has 0 unspecified atom stereocenters. The van der Waals surface area contributed by atoms with Gasteiger partial charge < -0.3 is 15.5 Å². The maximum atomic E-state index is 12.5. The predicted octanol–water partition coefficient (Wildman–Crippen LogP) is 3.67. The third-order valence-electron chi connectivity index (χ3n) is 5.04. The second kappa shape index (κ2) is 9.28. The van der Waals surface area contributed by atoms with Gasteiger partial charge in [-0.25, -0.2) is 9.50 Å². The number of nitrogens with zero attached hydrogens (tertiary/aromatic N) is 4. The lowest BCUT2D eigenvalue weighted by Crippen LogP contribution is -2.31. The van der Waals surface area contributed by atoms with Crippen molar-refractivity contribution < 1.29 is 4.79 Å². The van der Waals surface area contributed by atoms with E-state index < -0.39 is 0 Å². The summed E-state index contributed by atoms with van der Waals surface area (Å²) in [6, 6.07) is 15.9. The van der Waals surface area contributed by atoms with E-state index in [-0.39, 0.29) is 5.91 Å². The topological polar surface area (TPSA) is 74.6 Å². The number of anilines is 1. The standard InChI is InChI=1S/C23H26N6OS/c1-16-7-4-5-8-19(16)14-25-22-27-29-20(15-26-23(29)31-22)17-9-6-10-18(13-17)21(30)24-11-12-28(2)3/h4-10,13,15H,11-12,14H2,1-3H3,(H,24,30)(H,25,27). The molecule has 0 saturated heterocycles. The Morgan fingerprint density at radius 3 is 2.81 bits per heavy atom. The van der Waals surface area contributed by atoms with Crippen LogP contribution in [0, 0.1) is 6.92 Å². The Kier molecular flexibility index (Phi) is 6.29. The molecule has 0 atom stereocenters. The fourth-order valence-corrected chi connectivity index (χ4v) is 4.03. The van der Waals surface area contributed by atoms with Crippen LogP contribution in [0.1, 0.15) is 21.5 Å². The second-order valence-corrected chi connectivity index (χ2v) is 8.62. The van der Waals surface area contributed by atoms with Crippen LogP contribution < -0.4 is 10.6 Å². The van der Waals surface area contributed by atoms with Crippen molar-refractivity contribution >= 4 is 27.3 Å². The Morgan fingerprint density at radius 1 is 1.16 bits per heavy atom. The van der Waals surface area contributed by atoms with Crippen molar-refractivity contribution in [2.75, 3.05) is 32.5 Å². The number of rotatable bonds is 8. The number of aromatic nitrogens is 3. The number of amides is 1. The number of likely N-dealkylation sites (N-methyl/N-ethyl adjacent to an activating group) is 1. The van der Waals surface area contributed by atoms with E-state index >= 15 is 0 Å². The first-order valence-electron chi connectivity index (χ1n) is 10.2. The van der Waals surface area contributed by atoms with Crippen LogP contribution in [0.25, 0.3) is 16.2 Å². The lowest BCUT2D eigenvalue weighted by Gasteiger charge is -2.10. The van der Waals surface area contributed by atoms with Gasteiger partial charge in [0, 0.05) is 30.8 Å². The third-order valence-corrected chi connectivity index (χ3v) is 5.92. The normalized spacial score (nSPS) is 11.2. The maximum Gasteiger partial charge on any atom is 0.251 e. The highest BCUT2D eigenvalue weighted by molar-refractivity contribution is 7.20. The predicted molar refractivity (Wildman–Crippen MR) is 126 cm³/mol. The molecule has 2 N–H and O–H groups in total. The average Bonchev–Trinajstić information content (AvgIpc) is 3.33. The number of hydrogen-bond donors (Lipinski definition) is 2. The number of fused-ring (bicyclic) bond motifs is 1. The van der Waals surface area contributed by atoms with Crippen molar-refractivity contribution in [3.05, 3.63) is 71.4 Å². The molecule has 2 heterocycles. The van der Waals surface area contributed by atoms with Gasteiger partial charge in [0.2, 0.25) is 10.1 Å². The van der Waals surface area contributed by atoms with Crippen LogP contribution in [-0.2, 0) is 6.54 Å². The zero-order valence-electron chi connectivity index (χ0n) is 17.9. The van der Waals surface area contributed by atoms with Gasteiger partial charge in [0.25, 0.3) is 5.91 Å². The number of imidazole rings is 1. The van der Waals surface area contributed by atoms with Gasteiger partial charge in [-0.3, -0.25) is 4.79 Å². The van der Waals surface area contributed by atoms with Gasteiger partial charge in [-0.2, -0.15) is 0 Å². The summed E-state index contributed by atoms with van der Waals surface area (Å²) in [4.78, 5) is 19.8. The van der Waals surface area contributed by atoms with Gasteiger partial charge in [0.05, 0.1) is 11.9 Å². The molecule has 0 radical (unpaired) electrons. The van der Waals surface area contributed by atoms with E-state index in [0.29, 0.717) is 18.7 Å². The zero-order chi connectivity index (χ0) is 21.8. The molecule has 0 spiro atoms. The Bertz CT molecular complexity index is 1200. The first kappa shape index (κ1) is 21.0. The number of nitrogens with one attached hydrogen (secondary N) is 2. The molecule has 0 bridgehead atoms. The van der Waals surface area contributed by atoms with E-state index in [1.165, 1.54) is 22.5 Å². The highest BCUT2D eigenvalue weighted by atomic mass is 32.1. The molecule has 1 amide bonds. The molecule has 0 saturated carbocycles. The molecule has 2 aromatic heterocycles. The van der Waals surface area contributed by atoms with Gasteiger partial charge >= 0.3 is 0 Å². The molecule has 0 fully saturated rings. The minimum Gasteiger partial charge on any atom is -0.356 e. The average molecular weight is 435 g/mol. The number of carbonyl (C=O) groups excluding carboxylic acids is 1. The molecule has 0 aliphatic carbocycles. The molecule has 0 aliphatic heterocycles. The zero-order valence-corrected chi connectivity index (χ0v) is 18.7. The first-order valence-corrected chi connectivity index (χ1v) is 11.0. The van der Waals surface area contributed by atoms with Crippen LogP contribution in [0.4, 0.5) is 5.13 Å². The molecule has 160 valence electrons. The lowest BCUT2D eigenvalue weighted by molar-refractivity contribution is 0.0951. The van der Waals surface area contributed by atoms with E-state index in [9.17, 15) is 4.79 Å². The van der Waals surface area contributed by atoms with E-state index in [4.69, 9.17) is 5.10 Å². The molecule has 7 nitrogen and oxygen atoms in total. The maximum absolute atomic E-state index is 12.5. The van der Waals surface area contributed by atoms with E-state index in [2.05, 4.69) is 34.7 Å². The van der Waals surface area contributed by atoms with E-state index in [1.54, 1.807) is 6.20 Å². The number of aryl methyl sites for hydroxylation is 1. The summed E-state index contributed by atoms with van der Waals surface area (Å²) in [5, 5.41) is 11.9. The molecule has 2 aromatic carbocycles. The molecule has 0 aliphatic rings. The fourth-order valence-electron chi connectivity index (χ4n) is 3.26. The molecule has 8 heteroatoms. The summed E-state index contributed by atoms with van der Waals surface area (Å²) < 4.78 is 1.83. The van der Waals surface area contributed by atoms with Gasteiger partial charge in [-0.1, -0.05) is 47.7 Å². The van der Waals surface area contributed by atoms with Crippen LogP contribution in [0.5, 0.6) is 0 Å². The van der Waals surface area contributed by atoms with E-state index in [1.807, 2.05) is 59.9 Å². The van der Waals surface area contributed by atoms with Crippen molar-refractivity contribution in [3.63, 3.8) is 0 Å². The summed E-state index contributed by atoms with van der Waals surface area (Å²) in [5.74, 6) is -0.0803.